The molecule has 4 aliphatic carbocycles. The fourth-order valence-corrected chi connectivity index (χ4v) is 6.28. The Morgan fingerprint density at radius 1 is 1.08 bits per heavy atom. The van der Waals surface area contributed by atoms with E-state index in [4.69, 9.17) is 4.74 Å². The first-order valence-electron chi connectivity index (χ1n) is 10.1. The van der Waals surface area contributed by atoms with Crippen LogP contribution in [0.5, 0.6) is 0 Å². The van der Waals surface area contributed by atoms with Gasteiger partial charge >= 0.3 is 5.97 Å². The Kier molecular flexibility index (Phi) is 4.53. The third-order valence-corrected chi connectivity index (χ3v) is 7.19. The second-order valence-corrected chi connectivity index (χ2v) is 9.18. The topological polar surface area (TPSA) is 46.6 Å². The molecule has 140 valence electrons. The lowest BCUT2D eigenvalue weighted by atomic mass is 9.49. The van der Waals surface area contributed by atoms with Crippen LogP contribution in [-0.2, 0) is 14.3 Å². The Bertz CT molecular complexity index is 504. The normalized spacial score (nSPS) is 38.6. The smallest absolute Gasteiger partial charge is 0.312 e. The maximum atomic E-state index is 13.1. The second-order valence-electron chi connectivity index (χ2n) is 9.18. The predicted molar refractivity (Wildman–Crippen MR) is 91.4 cm³/mol. The number of piperidine rings is 1. The maximum Gasteiger partial charge on any atom is 0.312 e. The van der Waals surface area contributed by atoms with Crippen LogP contribution in [0.4, 0.5) is 4.39 Å². The molecule has 0 spiro atoms. The summed E-state index contributed by atoms with van der Waals surface area (Å²) in [5, 5.41) is 0. The van der Waals surface area contributed by atoms with Gasteiger partial charge in [-0.2, -0.15) is 0 Å². The van der Waals surface area contributed by atoms with Crippen LogP contribution >= 0.6 is 0 Å². The standard InChI is InChI=1S/C20H30FNO3/c1-13(21)18(23)22-4-2-14(3-5-22)12-25-19(24)20-9-15-6-16(10-20)8-17(7-15)11-20/h13-17H,2-12H2,1H3. The Morgan fingerprint density at radius 3 is 2.08 bits per heavy atom. The van der Waals surface area contributed by atoms with Crippen molar-refractivity contribution in [2.45, 2.75) is 64.5 Å². The van der Waals surface area contributed by atoms with Crippen molar-refractivity contribution in [1.29, 1.82) is 0 Å². The average Bonchev–Trinajstić information content (AvgIpc) is 2.58. The molecule has 5 rings (SSSR count). The van der Waals surface area contributed by atoms with Crippen molar-refractivity contribution in [3.05, 3.63) is 0 Å². The molecule has 0 N–H and O–H groups in total. The molecule has 5 aliphatic rings. The molecule has 4 saturated carbocycles. The van der Waals surface area contributed by atoms with Gasteiger partial charge in [0.2, 0.25) is 0 Å². The largest absolute Gasteiger partial charge is 0.465 e. The zero-order valence-corrected chi connectivity index (χ0v) is 15.2. The molecule has 0 aromatic carbocycles. The number of amides is 1. The number of carbonyl (C=O) groups is 2. The number of alkyl halides is 1. The van der Waals surface area contributed by atoms with E-state index in [0.717, 1.165) is 49.9 Å². The van der Waals surface area contributed by atoms with Crippen molar-refractivity contribution in [3.8, 4) is 0 Å². The van der Waals surface area contributed by atoms with Crippen LogP contribution in [0.2, 0.25) is 0 Å². The van der Waals surface area contributed by atoms with Crippen LogP contribution in [0.15, 0.2) is 0 Å². The molecule has 1 unspecified atom stereocenters. The summed E-state index contributed by atoms with van der Waals surface area (Å²) in [6.07, 6.45) is 7.27. The Labute approximate surface area is 149 Å². The molecule has 4 nitrogen and oxygen atoms in total. The number of esters is 1. The summed E-state index contributed by atoms with van der Waals surface area (Å²) >= 11 is 0. The van der Waals surface area contributed by atoms with Crippen LogP contribution in [0.25, 0.3) is 0 Å². The number of rotatable bonds is 4. The number of hydrogen-bond acceptors (Lipinski definition) is 3. The van der Waals surface area contributed by atoms with E-state index in [9.17, 15) is 14.0 Å². The number of likely N-dealkylation sites (tertiary alicyclic amines) is 1. The highest BCUT2D eigenvalue weighted by Crippen LogP contribution is 2.60. The first-order valence-corrected chi connectivity index (χ1v) is 10.1. The average molecular weight is 351 g/mol. The highest BCUT2D eigenvalue weighted by atomic mass is 19.1. The quantitative estimate of drug-likeness (QED) is 0.730. The van der Waals surface area contributed by atoms with Crippen molar-refractivity contribution in [2.24, 2.45) is 29.1 Å². The van der Waals surface area contributed by atoms with E-state index in [1.54, 1.807) is 4.90 Å². The lowest BCUT2D eigenvalue weighted by Crippen LogP contribution is -2.51. The van der Waals surface area contributed by atoms with E-state index in [0.29, 0.717) is 25.6 Å². The van der Waals surface area contributed by atoms with Gasteiger partial charge in [0, 0.05) is 13.1 Å². The summed E-state index contributed by atoms with van der Waals surface area (Å²) in [6.45, 7) is 2.91. The minimum Gasteiger partial charge on any atom is -0.465 e. The molecule has 1 heterocycles. The van der Waals surface area contributed by atoms with Crippen LogP contribution in [0.3, 0.4) is 0 Å². The number of nitrogens with zero attached hydrogens (tertiary/aromatic N) is 1. The number of halogens is 1. The first-order chi connectivity index (χ1) is 11.9. The van der Waals surface area contributed by atoms with E-state index in [1.165, 1.54) is 26.2 Å². The SMILES string of the molecule is CC(F)C(=O)N1CCC(COC(=O)C23CC4CC(CC(C4)C2)C3)CC1. The molecule has 0 aromatic rings. The van der Waals surface area contributed by atoms with Crippen LogP contribution < -0.4 is 0 Å². The molecule has 1 atom stereocenters. The summed E-state index contributed by atoms with van der Waals surface area (Å²) in [5.74, 6) is 2.17. The van der Waals surface area contributed by atoms with Crippen molar-refractivity contribution >= 4 is 11.9 Å². The van der Waals surface area contributed by atoms with Crippen molar-refractivity contribution in [2.75, 3.05) is 19.7 Å². The van der Waals surface area contributed by atoms with E-state index >= 15 is 0 Å². The molecule has 5 fully saturated rings. The molecule has 4 bridgehead atoms. The van der Waals surface area contributed by atoms with Gasteiger partial charge in [0.1, 0.15) is 0 Å². The molecule has 1 amide bonds. The van der Waals surface area contributed by atoms with Gasteiger partial charge in [0.25, 0.3) is 5.91 Å². The number of carbonyl (C=O) groups excluding carboxylic acids is 2. The van der Waals surface area contributed by atoms with E-state index < -0.39 is 12.1 Å². The molecule has 5 heteroatoms. The van der Waals surface area contributed by atoms with Gasteiger partial charge < -0.3 is 9.64 Å². The van der Waals surface area contributed by atoms with Crippen LogP contribution in [-0.4, -0.2) is 42.6 Å². The van der Waals surface area contributed by atoms with Crippen molar-refractivity contribution < 1.29 is 18.7 Å². The fraction of sp³-hybridized carbons (Fsp3) is 0.900. The second kappa shape index (κ2) is 6.55. The summed E-state index contributed by atoms with van der Waals surface area (Å²) in [4.78, 5) is 26.2. The van der Waals surface area contributed by atoms with Crippen molar-refractivity contribution in [3.63, 3.8) is 0 Å². The van der Waals surface area contributed by atoms with Gasteiger partial charge in [-0.05, 0) is 82.0 Å². The third-order valence-electron chi connectivity index (χ3n) is 7.19. The lowest BCUT2D eigenvalue weighted by Gasteiger charge is -2.55. The molecule has 1 aliphatic heterocycles. The minimum absolute atomic E-state index is 0.0440. The highest BCUT2D eigenvalue weighted by molar-refractivity contribution is 5.80. The molecule has 0 aromatic heterocycles. The molecule has 25 heavy (non-hydrogen) atoms. The molecular formula is C20H30FNO3. The molecular weight excluding hydrogens is 321 g/mol. The minimum atomic E-state index is -1.43. The van der Waals surface area contributed by atoms with Gasteiger partial charge in [-0.25, -0.2) is 4.39 Å². The summed E-state index contributed by atoms with van der Waals surface area (Å²) < 4.78 is 18.9. The first kappa shape index (κ1) is 17.3. The third kappa shape index (κ3) is 3.31. The van der Waals surface area contributed by atoms with E-state index in [1.807, 2.05) is 0 Å². The summed E-state index contributed by atoms with van der Waals surface area (Å²) in [6, 6.07) is 0. The summed E-state index contributed by atoms with van der Waals surface area (Å²) in [7, 11) is 0. The van der Waals surface area contributed by atoms with E-state index in [-0.39, 0.29) is 11.4 Å². The summed E-state index contributed by atoms with van der Waals surface area (Å²) in [5.41, 5.74) is -0.185. The monoisotopic (exact) mass is 351 g/mol. The van der Waals surface area contributed by atoms with Gasteiger partial charge in [0.15, 0.2) is 6.17 Å². The highest BCUT2D eigenvalue weighted by Gasteiger charge is 2.55. The van der Waals surface area contributed by atoms with Gasteiger partial charge in [-0.15, -0.1) is 0 Å². The Hall–Kier alpha value is -1.13. The number of ether oxygens (including phenoxy) is 1. The van der Waals surface area contributed by atoms with Gasteiger partial charge in [-0.3, -0.25) is 9.59 Å². The molecule has 1 saturated heterocycles. The van der Waals surface area contributed by atoms with Crippen LogP contribution in [0, 0.1) is 29.1 Å². The van der Waals surface area contributed by atoms with Gasteiger partial charge in [0.05, 0.1) is 12.0 Å². The van der Waals surface area contributed by atoms with Crippen LogP contribution in [0.1, 0.15) is 58.3 Å². The predicted octanol–water partition coefficient (Wildman–Crippen LogP) is 3.34. The fourth-order valence-electron chi connectivity index (χ4n) is 6.28. The number of hydrogen-bond donors (Lipinski definition) is 0. The lowest BCUT2D eigenvalue weighted by molar-refractivity contribution is -0.173. The Balaban J connectivity index is 1.27. The zero-order valence-electron chi connectivity index (χ0n) is 15.2. The Morgan fingerprint density at radius 2 is 1.60 bits per heavy atom. The maximum absolute atomic E-state index is 13.1. The molecule has 0 radical (unpaired) electrons. The van der Waals surface area contributed by atoms with Gasteiger partial charge in [-0.1, -0.05) is 0 Å². The van der Waals surface area contributed by atoms with Crippen molar-refractivity contribution in [1.82, 2.24) is 4.90 Å². The zero-order chi connectivity index (χ0) is 17.6. The van der Waals surface area contributed by atoms with E-state index in [2.05, 4.69) is 0 Å².